The van der Waals surface area contributed by atoms with Gasteiger partial charge in [0, 0.05) is 21.5 Å². The van der Waals surface area contributed by atoms with Crippen LogP contribution in [0, 0.1) is 0 Å². The van der Waals surface area contributed by atoms with E-state index in [2.05, 4.69) is 15.9 Å². The van der Waals surface area contributed by atoms with Gasteiger partial charge in [-0.25, -0.2) is 8.42 Å². The van der Waals surface area contributed by atoms with Crippen LogP contribution >= 0.6 is 27.5 Å². The lowest BCUT2D eigenvalue weighted by Gasteiger charge is -2.12. The van der Waals surface area contributed by atoms with Gasteiger partial charge in [-0.3, -0.25) is 0 Å². The number of aliphatic hydroxyl groups is 1. The summed E-state index contributed by atoms with van der Waals surface area (Å²) >= 11 is 9.17. The van der Waals surface area contributed by atoms with Crippen LogP contribution < -0.4 is 0 Å². The van der Waals surface area contributed by atoms with Crippen LogP contribution in [0.1, 0.15) is 24.5 Å². The first kappa shape index (κ1) is 15.0. The summed E-state index contributed by atoms with van der Waals surface area (Å²) < 4.78 is 22.7. The summed E-state index contributed by atoms with van der Waals surface area (Å²) in [4.78, 5) is 0. The Labute approximate surface area is 115 Å². The summed E-state index contributed by atoms with van der Waals surface area (Å²) in [6.07, 6.45) is 1.31. The minimum Gasteiger partial charge on any atom is -0.388 e. The van der Waals surface area contributed by atoms with Crippen molar-refractivity contribution in [3.05, 3.63) is 33.3 Å². The molecule has 1 atom stereocenters. The molecule has 1 aromatic carbocycles. The van der Waals surface area contributed by atoms with Gasteiger partial charge in [0.15, 0.2) is 0 Å². The second-order valence-corrected chi connectivity index (χ2v) is 7.50. The van der Waals surface area contributed by atoms with Crippen molar-refractivity contribution >= 4 is 37.4 Å². The number of sulfone groups is 1. The lowest BCUT2D eigenvalue weighted by atomic mass is 10.1. The third kappa shape index (κ3) is 5.38. The van der Waals surface area contributed by atoms with Crippen LogP contribution in [0.4, 0.5) is 0 Å². The van der Waals surface area contributed by atoms with Crippen LogP contribution in [0.3, 0.4) is 0 Å². The molecular weight excluding hydrogens is 328 g/mol. The van der Waals surface area contributed by atoms with Gasteiger partial charge in [0.2, 0.25) is 0 Å². The summed E-state index contributed by atoms with van der Waals surface area (Å²) in [5, 5.41) is 10.5. The lowest BCUT2D eigenvalue weighted by Crippen LogP contribution is -2.06. The van der Waals surface area contributed by atoms with Gasteiger partial charge in [-0.05, 0) is 36.6 Å². The smallest absolute Gasteiger partial charge is 0.147 e. The van der Waals surface area contributed by atoms with Gasteiger partial charge in [0.05, 0.1) is 6.10 Å². The monoisotopic (exact) mass is 340 g/mol. The molecule has 1 rings (SSSR count). The fraction of sp³-hybridized carbons (Fsp3) is 0.455. The fourth-order valence-electron chi connectivity index (χ4n) is 1.46. The molecule has 1 N–H and O–H groups in total. The largest absolute Gasteiger partial charge is 0.388 e. The van der Waals surface area contributed by atoms with Crippen molar-refractivity contribution in [2.24, 2.45) is 0 Å². The van der Waals surface area contributed by atoms with Crippen LogP contribution in [0.2, 0.25) is 5.02 Å². The molecule has 0 radical (unpaired) electrons. The van der Waals surface area contributed by atoms with E-state index < -0.39 is 15.9 Å². The van der Waals surface area contributed by atoms with Crippen molar-refractivity contribution in [3.8, 4) is 0 Å². The Morgan fingerprint density at radius 2 is 2.12 bits per heavy atom. The molecule has 0 saturated heterocycles. The SMILES string of the molecule is CS(=O)(=O)CCCC(O)c1cc(Cl)ccc1Br. The Hall–Kier alpha value is -0.100. The Morgan fingerprint density at radius 1 is 1.47 bits per heavy atom. The molecule has 0 aliphatic heterocycles. The highest BCUT2D eigenvalue weighted by atomic mass is 79.9. The minimum atomic E-state index is -2.97. The maximum absolute atomic E-state index is 11.0. The van der Waals surface area contributed by atoms with Crippen molar-refractivity contribution in [3.63, 3.8) is 0 Å². The Morgan fingerprint density at radius 3 is 2.71 bits per heavy atom. The molecular formula is C11H14BrClO3S. The van der Waals surface area contributed by atoms with Crippen LogP contribution in [-0.4, -0.2) is 25.5 Å². The van der Waals surface area contributed by atoms with Gasteiger partial charge in [-0.2, -0.15) is 0 Å². The average molecular weight is 342 g/mol. The summed E-state index contributed by atoms with van der Waals surface area (Å²) in [5.74, 6) is 0.0856. The summed E-state index contributed by atoms with van der Waals surface area (Å²) in [5.41, 5.74) is 0.686. The quantitative estimate of drug-likeness (QED) is 0.896. The molecule has 96 valence electrons. The topological polar surface area (TPSA) is 54.4 Å². The molecule has 0 saturated carbocycles. The Balaban J connectivity index is 2.64. The molecule has 1 aromatic rings. The first-order valence-electron chi connectivity index (χ1n) is 5.10. The van der Waals surface area contributed by atoms with Crippen LogP contribution in [-0.2, 0) is 9.84 Å². The van der Waals surface area contributed by atoms with E-state index in [0.29, 0.717) is 23.4 Å². The average Bonchev–Trinajstić information content (AvgIpc) is 2.19. The first-order chi connectivity index (χ1) is 7.79. The zero-order valence-electron chi connectivity index (χ0n) is 9.36. The van der Waals surface area contributed by atoms with Gasteiger partial charge < -0.3 is 5.11 Å². The number of halogens is 2. The molecule has 0 bridgehead atoms. The maximum atomic E-state index is 11.0. The zero-order chi connectivity index (χ0) is 13.1. The van der Waals surface area contributed by atoms with Gasteiger partial charge in [-0.15, -0.1) is 0 Å². The van der Waals surface area contributed by atoms with Crippen molar-refractivity contribution in [1.29, 1.82) is 0 Å². The van der Waals surface area contributed by atoms with Crippen molar-refractivity contribution in [1.82, 2.24) is 0 Å². The van der Waals surface area contributed by atoms with E-state index in [4.69, 9.17) is 11.6 Å². The predicted molar refractivity (Wildman–Crippen MR) is 73.1 cm³/mol. The summed E-state index contributed by atoms with van der Waals surface area (Å²) in [6.45, 7) is 0. The van der Waals surface area contributed by atoms with Gasteiger partial charge in [0.1, 0.15) is 9.84 Å². The van der Waals surface area contributed by atoms with E-state index >= 15 is 0 Å². The van der Waals surface area contributed by atoms with Crippen LogP contribution in [0.25, 0.3) is 0 Å². The number of hydrogen-bond acceptors (Lipinski definition) is 3. The second-order valence-electron chi connectivity index (χ2n) is 3.95. The summed E-state index contributed by atoms with van der Waals surface area (Å²) in [7, 11) is -2.97. The molecule has 0 aliphatic carbocycles. The normalized spacial score (nSPS) is 13.6. The highest BCUT2D eigenvalue weighted by Crippen LogP contribution is 2.29. The molecule has 0 aromatic heterocycles. The van der Waals surface area contributed by atoms with Gasteiger partial charge >= 0.3 is 0 Å². The highest BCUT2D eigenvalue weighted by Gasteiger charge is 2.13. The number of aliphatic hydroxyl groups excluding tert-OH is 1. The lowest BCUT2D eigenvalue weighted by molar-refractivity contribution is 0.166. The van der Waals surface area contributed by atoms with E-state index in [-0.39, 0.29) is 5.75 Å². The molecule has 0 spiro atoms. The molecule has 1 unspecified atom stereocenters. The molecule has 0 fully saturated rings. The first-order valence-corrected chi connectivity index (χ1v) is 8.33. The van der Waals surface area contributed by atoms with Crippen molar-refractivity contribution in [2.45, 2.75) is 18.9 Å². The van der Waals surface area contributed by atoms with Gasteiger partial charge in [-0.1, -0.05) is 27.5 Å². The highest BCUT2D eigenvalue weighted by molar-refractivity contribution is 9.10. The van der Waals surface area contributed by atoms with Crippen LogP contribution in [0.15, 0.2) is 22.7 Å². The predicted octanol–water partition coefficient (Wildman–Crippen LogP) is 2.96. The van der Waals surface area contributed by atoms with E-state index in [1.54, 1.807) is 18.2 Å². The molecule has 0 aliphatic rings. The van der Waals surface area contributed by atoms with E-state index in [0.717, 1.165) is 4.47 Å². The molecule has 6 heteroatoms. The van der Waals surface area contributed by atoms with Crippen molar-refractivity contribution < 1.29 is 13.5 Å². The third-order valence-electron chi connectivity index (χ3n) is 2.31. The zero-order valence-corrected chi connectivity index (χ0v) is 12.5. The van der Waals surface area contributed by atoms with Gasteiger partial charge in [0.25, 0.3) is 0 Å². The Kier molecular flexibility index (Phi) is 5.44. The fourth-order valence-corrected chi connectivity index (χ4v) is 2.85. The number of rotatable bonds is 5. The van der Waals surface area contributed by atoms with E-state index in [1.165, 1.54) is 6.26 Å². The molecule has 0 amide bonds. The molecule has 3 nitrogen and oxygen atoms in total. The van der Waals surface area contributed by atoms with Crippen molar-refractivity contribution in [2.75, 3.05) is 12.0 Å². The third-order valence-corrected chi connectivity index (χ3v) is 4.30. The standard InChI is InChI=1S/C11H14BrClO3S/c1-17(15,16)6-2-3-11(14)9-7-8(13)4-5-10(9)12/h4-5,7,11,14H,2-3,6H2,1H3. The number of benzene rings is 1. The minimum absolute atomic E-state index is 0.0856. The van der Waals surface area contributed by atoms with E-state index in [9.17, 15) is 13.5 Å². The second kappa shape index (κ2) is 6.18. The Bertz CT molecular complexity index is 487. The molecule has 0 heterocycles. The van der Waals surface area contributed by atoms with Crippen LogP contribution in [0.5, 0.6) is 0 Å². The maximum Gasteiger partial charge on any atom is 0.147 e. The summed E-state index contributed by atoms with van der Waals surface area (Å²) in [6, 6.07) is 5.16. The molecule has 17 heavy (non-hydrogen) atoms. The number of hydrogen-bond donors (Lipinski definition) is 1. The van der Waals surface area contributed by atoms with E-state index in [1.807, 2.05) is 0 Å².